The van der Waals surface area contributed by atoms with Crippen molar-refractivity contribution in [3.8, 4) is 0 Å². The normalized spacial score (nSPS) is 33.1. The van der Waals surface area contributed by atoms with Crippen LogP contribution >= 0.6 is 7.67 Å². The third-order valence-electron chi connectivity index (χ3n) is 6.52. The first-order valence-corrected chi connectivity index (χ1v) is 14.5. The zero-order chi connectivity index (χ0) is 25.1. The maximum atomic E-state index is 14.7. The van der Waals surface area contributed by atoms with E-state index in [4.69, 9.17) is 18.7 Å². The summed E-state index contributed by atoms with van der Waals surface area (Å²) in [5, 5.41) is 3.37. The van der Waals surface area contributed by atoms with Gasteiger partial charge in [0.2, 0.25) is 0 Å². The highest BCUT2D eigenvalue weighted by Crippen LogP contribution is 2.55. The van der Waals surface area contributed by atoms with Crippen molar-refractivity contribution in [2.24, 2.45) is 0 Å². The molecule has 0 aromatic heterocycles. The second kappa shape index (κ2) is 11.5. The van der Waals surface area contributed by atoms with Gasteiger partial charge in [-0.05, 0) is 55.4 Å². The molecule has 3 heterocycles. The topological polar surface area (TPSA) is 75.7 Å². The molecule has 0 spiro atoms. The molecule has 34 heavy (non-hydrogen) atoms. The predicted molar refractivity (Wildman–Crippen MR) is 135 cm³/mol. The van der Waals surface area contributed by atoms with Crippen LogP contribution in [-0.2, 0) is 23.3 Å². The highest BCUT2D eigenvalue weighted by Gasteiger charge is 2.44. The Kier molecular flexibility index (Phi) is 9.66. The van der Waals surface area contributed by atoms with Gasteiger partial charge in [-0.15, -0.1) is 0 Å². The Morgan fingerprint density at radius 1 is 0.853 bits per heavy atom. The average molecular weight is 505 g/mol. The van der Waals surface area contributed by atoms with Gasteiger partial charge in [-0.1, -0.05) is 0 Å². The van der Waals surface area contributed by atoms with Crippen molar-refractivity contribution in [2.75, 3.05) is 65.6 Å². The Hall–Kier alpha value is -0.0900. The van der Waals surface area contributed by atoms with E-state index in [-0.39, 0.29) is 35.6 Å². The quantitative estimate of drug-likeness (QED) is 0.527. The highest BCUT2D eigenvalue weighted by atomic mass is 31.2. The van der Waals surface area contributed by atoms with E-state index in [0.29, 0.717) is 39.4 Å². The van der Waals surface area contributed by atoms with Gasteiger partial charge in [0, 0.05) is 57.9 Å². The van der Waals surface area contributed by atoms with E-state index in [2.05, 4.69) is 37.9 Å². The largest absolute Gasteiger partial charge is 0.373 e. The van der Waals surface area contributed by atoms with Crippen LogP contribution in [0.2, 0.25) is 0 Å². The monoisotopic (exact) mass is 504 g/mol. The number of morpholine rings is 2. The lowest BCUT2D eigenvalue weighted by Gasteiger charge is -2.46. The molecule has 3 aliphatic heterocycles. The molecule has 0 saturated carbocycles. The van der Waals surface area contributed by atoms with E-state index in [1.54, 1.807) is 0 Å². The molecule has 0 aromatic carbocycles. The number of nitrogens with zero attached hydrogens (tertiary/aromatic N) is 3. The molecule has 1 N–H and O–H groups in total. The van der Waals surface area contributed by atoms with Crippen molar-refractivity contribution < 1.29 is 23.3 Å². The first kappa shape index (κ1) is 28.5. The Labute approximate surface area is 207 Å². The lowest BCUT2D eigenvalue weighted by atomic mass is 10.0. The fourth-order valence-electron chi connectivity index (χ4n) is 4.78. The van der Waals surface area contributed by atoms with E-state index < -0.39 is 7.67 Å². The molecule has 0 aromatic rings. The SMILES string of the molecule is C[C@H]1CN(C(C)(C)C)C[C@@H](COP(=O)(N2CCNCC2)N2C[C@@H](COC(C)(C)C)O[C@@H](C)C2)O1. The first-order chi connectivity index (χ1) is 15.8. The van der Waals surface area contributed by atoms with Crippen LogP contribution in [0, 0.1) is 0 Å². The molecular weight excluding hydrogens is 455 g/mol. The minimum atomic E-state index is -3.26. The molecule has 3 rings (SSSR count). The maximum Gasteiger partial charge on any atom is 0.346 e. The van der Waals surface area contributed by atoms with Crippen LogP contribution < -0.4 is 5.32 Å². The number of nitrogens with one attached hydrogen (secondary N) is 1. The smallest absolute Gasteiger partial charge is 0.346 e. The van der Waals surface area contributed by atoms with Crippen LogP contribution in [0.3, 0.4) is 0 Å². The molecule has 1 unspecified atom stereocenters. The maximum absolute atomic E-state index is 14.7. The van der Waals surface area contributed by atoms with Crippen molar-refractivity contribution in [3.05, 3.63) is 0 Å². The van der Waals surface area contributed by atoms with Gasteiger partial charge in [0.25, 0.3) is 0 Å². The van der Waals surface area contributed by atoms with E-state index in [0.717, 1.165) is 26.2 Å². The van der Waals surface area contributed by atoms with Gasteiger partial charge in [-0.2, -0.15) is 0 Å². The van der Waals surface area contributed by atoms with Crippen LogP contribution in [0.4, 0.5) is 0 Å². The molecule has 3 aliphatic rings. The number of piperazine rings is 1. The van der Waals surface area contributed by atoms with E-state index >= 15 is 0 Å². The highest BCUT2D eigenvalue weighted by molar-refractivity contribution is 7.54. The number of rotatable bonds is 7. The lowest BCUT2D eigenvalue weighted by molar-refractivity contribution is -0.124. The summed E-state index contributed by atoms with van der Waals surface area (Å²) < 4.78 is 43.5. The molecule has 3 fully saturated rings. The molecule has 9 nitrogen and oxygen atoms in total. The minimum Gasteiger partial charge on any atom is -0.373 e. The standard InChI is InChI=1S/C24H49N4O5P/c1-19-13-26(23(3,4)5)15-21(32-19)18-31-34(29,27-11-9-25-10-12-27)28-14-20(2)33-22(16-28)17-30-24(6,7)8/h19-22,25H,9-18H2,1-8H3/t19-,20-,21-,22-,34?/m0/s1. The van der Waals surface area contributed by atoms with Crippen LogP contribution in [0.25, 0.3) is 0 Å². The minimum absolute atomic E-state index is 0.0514. The van der Waals surface area contributed by atoms with Crippen molar-refractivity contribution >= 4 is 7.67 Å². The Morgan fingerprint density at radius 2 is 1.44 bits per heavy atom. The molecule has 10 heteroatoms. The fraction of sp³-hybridized carbons (Fsp3) is 1.00. The third-order valence-corrected chi connectivity index (χ3v) is 9.16. The van der Waals surface area contributed by atoms with Gasteiger partial charge < -0.3 is 24.1 Å². The number of ether oxygens (including phenoxy) is 3. The van der Waals surface area contributed by atoms with Gasteiger partial charge in [0.1, 0.15) is 0 Å². The molecule has 0 radical (unpaired) electrons. The fourth-order valence-corrected chi connectivity index (χ4v) is 7.35. The summed E-state index contributed by atoms with van der Waals surface area (Å²) in [6, 6.07) is 0. The second-order valence-electron chi connectivity index (χ2n) is 12.0. The third kappa shape index (κ3) is 7.95. The van der Waals surface area contributed by atoms with Gasteiger partial charge in [0.15, 0.2) is 0 Å². The van der Waals surface area contributed by atoms with E-state index in [9.17, 15) is 4.57 Å². The van der Waals surface area contributed by atoms with E-state index in [1.807, 2.05) is 37.0 Å². The van der Waals surface area contributed by atoms with Gasteiger partial charge in [-0.3, -0.25) is 9.46 Å². The summed E-state index contributed by atoms with van der Waals surface area (Å²) >= 11 is 0. The number of hydrogen-bond acceptors (Lipinski definition) is 7. The predicted octanol–water partition coefficient (Wildman–Crippen LogP) is 2.81. The molecule has 200 valence electrons. The van der Waals surface area contributed by atoms with Gasteiger partial charge in [0.05, 0.1) is 43.2 Å². The van der Waals surface area contributed by atoms with Crippen molar-refractivity contribution in [1.82, 2.24) is 19.6 Å². The summed E-state index contributed by atoms with van der Waals surface area (Å²) in [4.78, 5) is 2.43. The van der Waals surface area contributed by atoms with Gasteiger partial charge in [-0.25, -0.2) is 9.34 Å². The molecule has 0 aliphatic carbocycles. The summed E-state index contributed by atoms with van der Waals surface area (Å²) in [5.41, 5.74) is -0.194. The van der Waals surface area contributed by atoms with Crippen LogP contribution in [0.15, 0.2) is 0 Å². The lowest BCUT2D eigenvalue weighted by Crippen LogP contribution is -2.55. The summed E-state index contributed by atoms with van der Waals surface area (Å²) in [5.74, 6) is 0. The van der Waals surface area contributed by atoms with E-state index in [1.165, 1.54) is 0 Å². The van der Waals surface area contributed by atoms with Crippen LogP contribution in [0.1, 0.15) is 55.4 Å². The molecule has 0 bridgehead atoms. The van der Waals surface area contributed by atoms with Crippen molar-refractivity contribution in [3.63, 3.8) is 0 Å². The van der Waals surface area contributed by atoms with Crippen molar-refractivity contribution in [1.29, 1.82) is 0 Å². The molecule has 3 saturated heterocycles. The number of hydrogen-bond donors (Lipinski definition) is 1. The van der Waals surface area contributed by atoms with Crippen LogP contribution in [0.5, 0.6) is 0 Å². The molecule has 0 amide bonds. The zero-order valence-electron chi connectivity index (χ0n) is 22.7. The van der Waals surface area contributed by atoms with Crippen LogP contribution in [-0.4, -0.2) is 115 Å². The molecule has 5 atom stereocenters. The van der Waals surface area contributed by atoms with Gasteiger partial charge >= 0.3 is 7.67 Å². The Bertz CT molecular complexity index is 692. The Balaban J connectivity index is 1.73. The average Bonchev–Trinajstić information content (AvgIpc) is 2.75. The zero-order valence-corrected chi connectivity index (χ0v) is 23.6. The summed E-state index contributed by atoms with van der Waals surface area (Å²) in [6.07, 6.45) is -0.199. The summed E-state index contributed by atoms with van der Waals surface area (Å²) in [7, 11) is -3.26. The first-order valence-electron chi connectivity index (χ1n) is 12.9. The van der Waals surface area contributed by atoms with Crippen molar-refractivity contribution in [2.45, 2.75) is 90.9 Å². The summed E-state index contributed by atoms with van der Waals surface area (Å²) in [6.45, 7) is 23.5. The second-order valence-corrected chi connectivity index (χ2v) is 14.4. The Morgan fingerprint density at radius 3 is 2.03 bits per heavy atom. The molecular formula is C24H49N4O5P.